The van der Waals surface area contributed by atoms with Gasteiger partial charge in [-0.15, -0.1) is 0 Å². The molecule has 0 aromatic heterocycles. The van der Waals surface area contributed by atoms with Crippen molar-refractivity contribution in [2.45, 2.75) is 6.92 Å². The zero-order valence-electron chi connectivity index (χ0n) is 10.1. The van der Waals surface area contributed by atoms with Crippen LogP contribution >= 0.6 is 23.2 Å². The van der Waals surface area contributed by atoms with Gasteiger partial charge in [0.15, 0.2) is 0 Å². The Bertz CT molecular complexity index is 621. The molecule has 19 heavy (non-hydrogen) atoms. The lowest BCUT2D eigenvalue weighted by Crippen LogP contribution is -2.11. The number of nitrogens with one attached hydrogen (secondary N) is 1. The van der Waals surface area contributed by atoms with Crippen LogP contribution in [0.15, 0.2) is 36.4 Å². The summed E-state index contributed by atoms with van der Waals surface area (Å²) in [4.78, 5) is 12.0. The molecular formula is C14H11Cl2NO2. The molecule has 98 valence electrons. The standard InChI is InChI=1S/C14H11Cl2NO2/c1-8-4-9(2-3-13(8)18)14(19)17-12-6-10(15)5-11(16)7-12/h2-7,18H,1H3,(H,17,19). The molecule has 0 aliphatic carbocycles. The van der Waals surface area contributed by atoms with Crippen molar-refractivity contribution in [3.05, 3.63) is 57.6 Å². The summed E-state index contributed by atoms with van der Waals surface area (Å²) < 4.78 is 0. The molecule has 1 amide bonds. The first kappa shape index (κ1) is 13.7. The van der Waals surface area contributed by atoms with Gasteiger partial charge in [0.2, 0.25) is 0 Å². The molecule has 5 heteroatoms. The number of anilines is 1. The molecule has 0 unspecified atom stereocenters. The summed E-state index contributed by atoms with van der Waals surface area (Å²) in [5.41, 5.74) is 1.61. The normalized spacial score (nSPS) is 10.3. The van der Waals surface area contributed by atoms with Crippen LogP contribution in [-0.2, 0) is 0 Å². The molecule has 0 fully saturated rings. The van der Waals surface area contributed by atoms with Crippen LogP contribution < -0.4 is 5.32 Å². The number of phenolic OH excluding ortho intramolecular Hbond substituents is 1. The maximum Gasteiger partial charge on any atom is 0.255 e. The van der Waals surface area contributed by atoms with E-state index >= 15 is 0 Å². The van der Waals surface area contributed by atoms with Gasteiger partial charge < -0.3 is 10.4 Å². The van der Waals surface area contributed by atoms with Crippen LogP contribution in [0.1, 0.15) is 15.9 Å². The highest BCUT2D eigenvalue weighted by Crippen LogP contribution is 2.23. The Morgan fingerprint density at radius 2 is 1.74 bits per heavy atom. The van der Waals surface area contributed by atoms with E-state index in [0.717, 1.165) is 0 Å². The molecule has 0 aliphatic heterocycles. The second-order valence-electron chi connectivity index (χ2n) is 4.11. The predicted octanol–water partition coefficient (Wildman–Crippen LogP) is 4.26. The summed E-state index contributed by atoms with van der Waals surface area (Å²) in [6.45, 7) is 1.72. The van der Waals surface area contributed by atoms with E-state index < -0.39 is 0 Å². The van der Waals surface area contributed by atoms with E-state index in [0.29, 0.717) is 26.9 Å². The van der Waals surface area contributed by atoms with Crippen LogP contribution in [0.2, 0.25) is 10.0 Å². The fraction of sp³-hybridized carbons (Fsp3) is 0.0714. The quantitative estimate of drug-likeness (QED) is 0.870. The fourth-order valence-corrected chi connectivity index (χ4v) is 2.15. The lowest BCUT2D eigenvalue weighted by atomic mass is 10.1. The van der Waals surface area contributed by atoms with E-state index in [1.54, 1.807) is 37.3 Å². The van der Waals surface area contributed by atoms with Crippen molar-refractivity contribution in [3.8, 4) is 5.75 Å². The van der Waals surface area contributed by atoms with Crippen molar-refractivity contribution in [1.29, 1.82) is 0 Å². The minimum absolute atomic E-state index is 0.155. The fourth-order valence-electron chi connectivity index (χ4n) is 1.63. The largest absolute Gasteiger partial charge is 0.508 e. The summed E-state index contributed by atoms with van der Waals surface area (Å²) in [5, 5.41) is 13.0. The lowest BCUT2D eigenvalue weighted by Gasteiger charge is -2.07. The second-order valence-corrected chi connectivity index (χ2v) is 4.99. The summed E-state index contributed by atoms with van der Waals surface area (Å²) in [5.74, 6) is -0.135. The number of benzene rings is 2. The summed E-state index contributed by atoms with van der Waals surface area (Å²) in [6, 6.07) is 9.44. The molecule has 0 aliphatic rings. The summed E-state index contributed by atoms with van der Waals surface area (Å²) in [7, 11) is 0. The Hall–Kier alpha value is -1.71. The first-order valence-corrected chi connectivity index (χ1v) is 6.28. The first-order valence-electron chi connectivity index (χ1n) is 5.53. The van der Waals surface area contributed by atoms with E-state index in [9.17, 15) is 9.90 Å². The molecule has 0 bridgehead atoms. The van der Waals surface area contributed by atoms with E-state index in [-0.39, 0.29) is 11.7 Å². The van der Waals surface area contributed by atoms with E-state index in [4.69, 9.17) is 23.2 Å². The number of halogens is 2. The molecule has 2 rings (SSSR count). The number of hydrogen-bond donors (Lipinski definition) is 2. The number of amides is 1. The van der Waals surface area contributed by atoms with Crippen molar-refractivity contribution in [1.82, 2.24) is 0 Å². The Labute approximate surface area is 120 Å². The van der Waals surface area contributed by atoms with E-state index in [1.807, 2.05) is 0 Å². The highest BCUT2D eigenvalue weighted by atomic mass is 35.5. The monoisotopic (exact) mass is 295 g/mol. The number of aryl methyl sites for hydroxylation is 1. The van der Waals surface area contributed by atoms with Crippen molar-refractivity contribution in [3.63, 3.8) is 0 Å². The zero-order chi connectivity index (χ0) is 14.0. The molecule has 0 saturated heterocycles. The van der Waals surface area contributed by atoms with Gasteiger partial charge >= 0.3 is 0 Å². The predicted molar refractivity (Wildman–Crippen MR) is 77.3 cm³/mol. The SMILES string of the molecule is Cc1cc(C(=O)Nc2cc(Cl)cc(Cl)c2)ccc1O. The minimum atomic E-state index is -0.290. The molecule has 2 aromatic rings. The molecular weight excluding hydrogens is 285 g/mol. The maximum absolute atomic E-state index is 12.0. The Morgan fingerprint density at radius 3 is 2.32 bits per heavy atom. The maximum atomic E-state index is 12.0. The van der Waals surface area contributed by atoms with Gasteiger partial charge in [-0.1, -0.05) is 23.2 Å². The van der Waals surface area contributed by atoms with Crippen LogP contribution in [0, 0.1) is 6.92 Å². The zero-order valence-corrected chi connectivity index (χ0v) is 11.6. The summed E-state index contributed by atoms with van der Waals surface area (Å²) >= 11 is 11.7. The third-order valence-corrected chi connectivity index (χ3v) is 3.02. The molecule has 2 aromatic carbocycles. The first-order chi connectivity index (χ1) is 8.95. The van der Waals surface area contributed by atoms with Gasteiger partial charge in [0, 0.05) is 21.3 Å². The topological polar surface area (TPSA) is 49.3 Å². The van der Waals surface area contributed by atoms with Crippen molar-refractivity contribution in [2.75, 3.05) is 5.32 Å². The van der Waals surface area contributed by atoms with Crippen LogP contribution in [0.3, 0.4) is 0 Å². The highest BCUT2D eigenvalue weighted by molar-refractivity contribution is 6.35. The number of hydrogen-bond acceptors (Lipinski definition) is 2. The van der Waals surface area contributed by atoms with E-state index in [2.05, 4.69) is 5.32 Å². The van der Waals surface area contributed by atoms with E-state index in [1.165, 1.54) is 6.07 Å². The Balaban J connectivity index is 2.22. The number of phenols is 1. The Morgan fingerprint density at radius 1 is 1.11 bits per heavy atom. The van der Waals surface area contributed by atoms with Gasteiger partial charge in [-0.05, 0) is 48.9 Å². The lowest BCUT2D eigenvalue weighted by molar-refractivity contribution is 0.102. The third kappa shape index (κ3) is 3.40. The van der Waals surface area contributed by atoms with Crippen molar-refractivity contribution >= 4 is 34.8 Å². The molecule has 0 radical (unpaired) electrons. The number of rotatable bonds is 2. The van der Waals surface area contributed by atoms with Crippen molar-refractivity contribution in [2.24, 2.45) is 0 Å². The average molecular weight is 296 g/mol. The minimum Gasteiger partial charge on any atom is -0.508 e. The molecule has 0 heterocycles. The van der Waals surface area contributed by atoms with Crippen LogP contribution in [0.25, 0.3) is 0 Å². The third-order valence-electron chi connectivity index (χ3n) is 2.58. The molecule has 3 nitrogen and oxygen atoms in total. The van der Waals surface area contributed by atoms with Crippen LogP contribution in [-0.4, -0.2) is 11.0 Å². The number of carbonyl (C=O) groups is 1. The average Bonchev–Trinajstić information content (AvgIpc) is 2.31. The second kappa shape index (κ2) is 5.51. The molecule has 0 saturated carbocycles. The van der Waals surface area contributed by atoms with Crippen LogP contribution in [0.5, 0.6) is 5.75 Å². The van der Waals surface area contributed by atoms with Crippen molar-refractivity contribution < 1.29 is 9.90 Å². The van der Waals surface area contributed by atoms with Gasteiger partial charge in [0.1, 0.15) is 5.75 Å². The summed E-state index contributed by atoms with van der Waals surface area (Å²) in [6.07, 6.45) is 0. The molecule has 0 atom stereocenters. The van der Waals surface area contributed by atoms with Gasteiger partial charge in [-0.2, -0.15) is 0 Å². The smallest absolute Gasteiger partial charge is 0.255 e. The highest BCUT2D eigenvalue weighted by Gasteiger charge is 2.08. The Kier molecular flexibility index (Phi) is 3.98. The molecule has 2 N–H and O–H groups in total. The van der Waals surface area contributed by atoms with Gasteiger partial charge in [0.05, 0.1) is 0 Å². The van der Waals surface area contributed by atoms with Gasteiger partial charge in [-0.3, -0.25) is 4.79 Å². The number of carbonyl (C=O) groups excluding carboxylic acids is 1. The number of aromatic hydroxyl groups is 1. The van der Waals surface area contributed by atoms with Gasteiger partial charge in [0.25, 0.3) is 5.91 Å². The molecule has 0 spiro atoms. The van der Waals surface area contributed by atoms with Crippen LogP contribution in [0.4, 0.5) is 5.69 Å². The van der Waals surface area contributed by atoms with Gasteiger partial charge in [-0.25, -0.2) is 0 Å².